The molecule has 1 atom stereocenters. The maximum absolute atomic E-state index is 9.37. The number of aliphatic carboxylic acids is 1. The lowest BCUT2D eigenvalue weighted by atomic mass is 10.5. The molecule has 0 fully saturated rings. The summed E-state index contributed by atoms with van der Waals surface area (Å²) in [5.74, 6) is -0.745. The van der Waals surface area contributed by atoms with Gasteiger partial charge in [0.2, 0.25) is 0 Å². The number of rotatable bonds is 6. The molecule has 106 valence electrons. The van der Waals surface area contributed by atoms with Crippen molar-refractivity contribution in [2.24, 2.45) is 0 Å². The zero-order valence-electron chi connectivity index (χ0n) is 11.5. The number of aliphatic hydroxyl groups is 2. The number of carboxylic acid groups (broad SMARTS) is 1. The quantitative estimate of drug-likeness (QED) is 0.626. The zero-order chi connectivity index (χ0) is 14.1. The third kappa shape index (κ3) is 50.6. The van der Waals surface area contributed by atoms with Crippen LogP contribution in [0.1, 0.15) is 47.0 Å². The molecular weight excluding hydrogens is 224 g/mol. The second-order valence-electron chi connectivity index (χ2n) is 3.39. The van der Waals surface area contributed by atoms with Gasteiger partial charge in [-0.15, -0.1) is 0 Å². The Balaban J connectivity index is -0.000000177. The van der Waals surface area contributed by atoms with Crippen molar-refractivity contribution in [3.05, 3.63) is 0 Å². The van der Waals surface area contributed by atoms with Crippen molar-refractivity contribution >= 4 is 5.97 Å². The number of ether oxygens (including phenoxy) is 1. The number of hydrogen-bond donors (Lipinski definition) is 3. The number of carbonyl (C=O) groups is 1. The molecule has 0 aliphatic carbocycles. The van der Waals surface area contributed by atoms with E-state index in [9.17, 15) is 4.79 Å². The van der Waals surface area contributed by atoms with Gasteiger partial charge >= 0.3 is 5.97 Å². The van der Waals surface area contributed by atoms with Crippen LogP contribution in [0.3, 0.4) is 0 Å². The SMILES string of the molecule is CC(O)CO.CCC(=O)O.CCCOCCC. The Morgan fingerprint density at radius 1 is 1.18 bits per heavy atom. The highest BCUT2D eigenvalue weighted by atomic mass is 16.5. The molecule has 0 aliphatic rings. The summed E-state index contributed by atoms with van der Waals surface area (Å²) in [7, 11) is 0. The van der Waals surface area contributed by atoms with Crippen LogP contribution in [0.15, 0.2) is 0 Å². The van der Waals surface area contributed by atoms with Crippen LogP contribution >= 0.6 is 0 Å². The molecule has 0 aromatic rings. The van der Waals surface area contributed by atoms with Gasteiger partial charge in [-0.3, -0.25) is 4.79 Å². The summed E-state index contributed by atoms with van der Waals surface area (Å²) >= 11 is 0. The first-order valence-electron chi connectivity index (χ1n) is 6.04. The summed E-state index contributed by atoms with van der Waals surface area (Å²) < 4.78 is 5.13. The third-order valence-electron chi connectivity index (χ3n) is 1.26. The van der Waals surface area contributed by atoms with Crippen LogP contribution in [0.2, 0.25) is 0 Å². The van der Waals surface area contributed by atoms with Crippen molar-refractivity contribution in [3.63, 3.8) is 0 Å². The predicted octanol–water partition coefficient (Wildman–Crippen LogP) is 1.66. The van der Waals surface area contributed by atoms with Gasteiger partial charge in [0.1, 0.15) is 0 Å². The van der Waals surface area contributed by atoms with Gasteiger partial charge in [0.15, 0.2) is 0 Å². The van der Waals surface area contributed by atoms with E-state index >= 15 is 0 Å². The Labute approximate surface area is 104 Å². The van der Waals surface area contributed by atoms with Crippen molar-refractivity contribution in [3.8, 4) is 0 Å². The van der Waals surface area contributed by atoms with Gasteiger partial charge in [0, 0.05) is 19.6 Å². The van der Waals surface area contributed by atoms with E-state index in [4.69, 9.17) is 20.1 Å². The fourth-order valence-electron chi connectivity index (χ4n) is 0.391. The fourth-order valence-corrected chi connectivity index (χ4v) is 0.391. The molecule has 5 heteroatoms. The van der Waals surface area contributed by atoms with Crippen molar-refractivity contribution in [2.75, 3.05) is 19.8 Å². The molecule has 0 saturated heterocycles. The maximum atomic E-state index is 9.37. The van der Waals surface area contributed by atoms with E-state index in [2.05, 4.69) is 13.8 Å². The second-order valence-corrected chi connectivity index (χ2v) is 3.39. The smallest absolute Gasteiger partial charge is 0.303 e. The Kier molecular flexibility index (Phi) is 26.4. The molecule has 0 heterocycles. The van der Waals surface area contributed by atoms with Gasteiger partial charge in [-0.2, -0.15) is 0 Å². The van der Waals surface area contributed by atoms with Crippen LogP contribution in [0.5, 0.6) is 0 Å². The molecule has 0 bridgehead atoms. The zero-order valence-corrected chi connectivity index (χ0v) is 11.5. The standard InChI is InChI=1S/C6H14O.C3H8O2.C3H6O2/c1-3-5-7-6-4-2;1-3(5)2-4;1-2-3(4)5/h3-6H2,1-2H3;3-5H,2H2,1H3;2H2,1H3,(H,4,5). The Hall–Kier alpha value is -0.650. The lowest BCUT2D eigenvalue weighted by Gasteiger charge is -1.95. The topological polar surface area (TPSA) is 87.0 Å². The normalized spacial score (nSPS) is 10.5. The summed E-state index contributed by atoms with van der Waals surface area (Å²) in [5.41, 5.74) is 0. The molecule has 3 N–H and O–H groups in total. The Bertz CT molecular complexity index is 133. The lowest BCUT2D eigenvalue weighted by Crippen LogP contribution is -2.03. The molecular formula is C12H28O5. The van der Waals surface area contributed by atoms with Gasteiger partial charge < -0.3 is 20.1 Å². The number of hydrogen-bond acceptors (Lipinski definition) is 4. The minimum Gasteiger partial charge on any atom is -0.481 e. The summed E-state index contributed by atoms with van der Waals surface area (Å²) in [6.45, 7) is 9.08. The molecule has 0 spiro atoms. The van der Waals surface area contributed by atoms with Gasteiger partial charge in [-0.05, 0) is 19.8 Å². The van der Waals surface area contributed by atoms with E-state index in [0.29, 0.717) is 0 Å². The predicted molar refractivity (Wildman–Crippen MR) is 68.1 cm³/mol. The Morgan fingerprint density at radius 2 is 1.47 bits per heavy atom. The minimum atomic E-state index is -0.745. The van der Waals surface area contributed by atoms with Crippen molar-refractivity contribution in [2.45, 2.75) is 53.1 Å². The van der Waals surface area contributed by atoms with Crippen LogP contribution in [0.4, 0.5) is 0 Å². The first-order chi connectivity index (χ1) is 7.95. The largest absolute Gasteiger partial charge is 0.481 e. The van der Waals surface area contributed by atoms with E-state index in [-0.39, 0.29) is 13.0 Å². The van der Waals surface area contributed by atoms with E-state index < -0.39 is 12.1 Å². The van der Waals surface area contributed by atoms with E-state index in [1.807, 2.05) is 0 Å². The maximum Gasteiger partial charge on any atom is 0.303 e. The monoisotopic (exact) mass is 252 g/mol. The summed E-state index contributed by atoms with van der Waals surface area (Å²) in [5, 5.41) is 23.7. The first kappa shape index (κ1) is 21.6. The van der Waals surface area contributed by atoms with Crippen LogP contribution in [0, 0.1) is 0 Å². The molecule has 0 rings (SSSR count). The van der Waals surface area contributed by atoms with Crippen LogP contribution < -0.4 is 0 Å². The lowest BCUT2D eigenvalue weighted by molar-refractivity contribution is -0.136. The molecule has 0 aromatic heterocycles. The molecule has 0 saturated carbocycles. The molecule has 1 unspecified atom stereocenters. The van der Waals surface area contributed by atoms with Gasteiger partial charge in [-0.25, -0.2) is 0 Å². The van der Waals surface area contributed by atoms with Crippen molar-refractivity contribution in [1.82, 2.24) is 0 Å². The average Bonchev–Trinajstić information content (AvgIpc) is 2.31. The van der Waals surface area contributed by atoms with E-state index in [1.54, 1.807) is 6.92 Å². The average molecular weight is 252 g/mol. The van der Waals surface area contributed by atoms with Crippen LogP contribution in [0.25, 0.3) is 0 Å². The van der Waals surface area contributed by atoms with Gasteiger partial charge in [-0.1, -0.05) is 20.8 Å². The highest BCUT2D eigenvalue weighted by Gasteiger charge is 1.83. The summed E-state index contributed by atoms with van der Waals surface area (Å²) in [4.78, 5) is 9.37. The molecule has 0 aromatic carbocycles. The third-order valence-corrected chi connectivity index (χ3v) is 1.26. The van der Waals surface area contributed by atoms with Gasteiger partial charge in [0.05, 0.1) is 12.7 Å². The number of aliphatic hydroxyl groups excluding tert-OH is 2. The van der Waals surface area contributed by atoms with Gasteiger partial charge in [0.25, 0.3) is 0 Å². The second kappa shape index (κ2) is 20.7. The van der Waals surface area contributed by atoms with Crippen molar-refractivity contribution in [1.29, 1.82) is 0 Å². The van der Waals surface area contributed by atoms with Crippen LogP contribution in [-0.2, 0) is 9.53 Å². The fraction of sp³-hybridized carbons (Fsp3) is 0.917. The summed E-state index contributed by atoms with van der Waals surface area (Å²) in [6.07, 6.45) is 1.94. The van der Waals surface area contributed by atoms with Crippen molar-refractivity contribution < 1.29 is 24.9 Å². The summed E-state index contributed by atoms with van der Waals surface area (Å²) in [6, 6.07) is 0. The molecule has 17 heavy (non-hydrogen) atoms. The van der Waals surface area contributed by atoms with Crippen LogP contribution in [-0.4, -0.2) is 47.2 Å². The highest BCUT2D eigenvalue weighted by molar-refractivity contribution is 5.66. The molecule has 0 radical (unpaired) electrons. The number of carboxylic acids is 1. The molecule has 0 amide bonds. The Morgan fingerprint density at radius 3 is 1.59 bits per heavy atom. The highest BCUT2D eigenvalue weighted by Crippen LogP contribution is 1.81. The van der Waals surface area contributed by atoms with E-state index in [0.717, 1.165) is 26.1 Å². The first-order valence-corrected chi connectivity index (χ1v) is 6.04. The minimum absolute atomic E-state index is 0.139. The van der Waals surface area contributed by atoms with E-state index in [1.165, 1.54) is 6.92 Å². The molecule has 5 nitrogen and oxygen atoms in total. The molecule has 0 aliphatic heterocycles.